The van der Waals surface area contributed by atoms with Crippen molar-refractivity contribution >= 4 is 0 Å². The number of fused-ring (bicyclic) bond motifs is 2. The van der Waals surface area contributed by atoms with E-state index in [0.717, 1.165) is 61.6 Å². The van der Waals surface area contributed by atoms with E-state index in [4.69, 9.17) is 19.7 Å². The van der Waals surface area contributed by atoms with Gasteiger partial charge < -0.3 is 4.74 Å². The van der Waals surface area contributed by atoms with Crippen LogP contribution in [-0.2, 0) is 5.41 Å². The Morgan fingerprint density at radius 2 is 0.759 bits per heavy atom. The van der Waals surface area contributed by atoms with Gasteiger partial charge in [0, 0.05) is 27.8 Å². The van der Waals surface area contributed by atoms with E-state index in [9.17, 15) is 5.26 Å². The molecule has 9 aromatic rings. The van der Waals surface area contributed by atoms with Gasteiger partial charge in [-0.15, -0.1) is 0 Å². The topological polar surface area (TPSA) is 71.7 Å². The zero-order valence-corrected chi connectivity index (χ0v) is 31.3. The number of ether oxygens (including phenoxy) is 1. The third-order valence-electron chi connectivity index (χ3n) is 10.9. The summed E-state index contributed by atoms with van der Waals surface area (Å²) in [4.78, 5) is 14.9. The summed E-state index contributed by atoms with van der Waals surface area (Å²) >= 11 is 0. The summed E-state index contributed by atoms with van der Waals surface area (Å²) in [5, 5.41) is 9.22. The van der Waals surface area contributed by atoms with Crippen LogP contribution < -0.4 is 4.74 Å². The first kappa shape index (κ1) is 34.5. The maximum absolute atomic E-state index is 9.22. The average molecular weight is 743 g/mol. The molecule has 0 amide bonds. The molecule has 0 unspecified atom stereocenters. The summed E-state index contributed by atoms with van der Waals surface area (Å²) in [5.41, 5.74) is 11.5. The fraction of sp³-hybridized carbons (Fsp3) is 0.0189. The Morgan fingerprint density at radius 3 is 1.29 bits per heavy atom. The second-order valence-electron chi connectivity index (χ2n) is 14.3. The Kier molecular flexibility index (Phi) is 8.70. The Morgan fingerprint density at radius 1 is 0.362 bits per heavy atom. The molecule has 10 rings (SSSR count). The minimum Gasteiger partial charge on any atom is -0.457 e. The van der Waals surface area contributed by atoms with Crippen LogP contribution in [0, 0.1) is 11.3 Å². The molecule has 0 N–H and O–H groups in total. The van der Waals surface area contributed by atoms with Crippen LogP contribution >= 0.6 is 0 Å². The van der Waals surface area contributed by atoms with Crippen LogP contribution in [0.3, 0.4) is 0 Å². The molecule has 5 heteroatoms. The van der Waals surface area contributed by atoms with Gasteiger partial charge in [0.1, 0.15) is 11.5 Å². The van der Waals surface area contributed by atoms with E-state index in [1.807, 2.05) is 72.8 Å². The van der Waals surface area contributed by atoms with E-state index in [-0.39, 0.29) is 0 Å². The van der Waals surface area contributed by atoms with Crippen molar-refractivity contribution in [2.75, 3.05) is 0 Å². The molecule has 0 atom stereocenters. The van der Waals surface area contributed by atoms with Gasteiger partial charge in [-0.2, -0.15) is 5.26 Å². The molecule has 0 bridgehead atoms. The molecular weight excluding hydrogens is 709 g/mol. The minimum absolute atomic E-state index is 0.590. The molecule has 1 aromatic heterocycles. The van der Waals surface area contributed by atoms with Gasteiger partial charge in [0.05, 0.1) is 17.0 Å². The van der Waals surface area contributed by atoms with E-state index < -0.39 is 5.41 Å². The van der Waals surface area contributed by atoms with Gasteiger partial charge in [-0.1, -0.05) is 176 Å². The molecule has 58 heavy (non-hydrogen) atoms. The summed E-state index contributed by atoms with van der Waals surface area (Å²) in [6.45, 7) is 0. The molecule has 1 aliphatic heterocycles. The first-order valence-electron chi connectivity index (χ1n) is 19.2. The lowest BCUT2D eigenvalue weighted by atomic mass is 9.63. The lowest BCUT2D eigenvalue weighted by Gasteiger charge is -2.41. The third kappa shape index (κ3) is 6.10. The highest BCUT2D eigenvalue weighted by atomic mass is 16.5. The summed E-state index contributed by atoms with van der Waals surface area (Å²) in [5.74, 6) is 3.48. The lowest BCUT2D eigenvalue weighted by molar-refractivity contribution is 0.434. The predicted octanol–water partition coefficient (Wildman–Crippen LogP) is 12.6. The highest BCUT2D eigenvalue weighted by molar-refractivity contribution is 5.76. The molecule has 8 aromatic carbocycles. The van der Waals surface area contributed by atoms with Crippen molar-refractivity contribution in [3.8, 4) is 74.0 Å². The molecule has 0 radical (unpaired) electrons. The highest BCUT2D eigenvalue weighted by Crippen LogP contribution is 2.55. The van der Waals surface area contributed by atoms with Crippen molar-refractivity contribution in [2.45, 2.75) is 5.41 Å². The maximum atomic E-state index is 9.22. The smallest absolute Gasteiger partial charge is 0.164 e. The first-order chi connectivity index (χ1) is 28.7. The number of nitrogens with zero attached hydrogens (tertiary/aromatic N) is 4. The van der Waals surface area contributed by atoms with Crippen molar-refractivity contribution in [2.24, 2.45) is 0 Å². The van der Waals surface area contributed by atoms with Crippen molar-refractivity contribution < 1.29 is 4.74 Å². The SMILES string of the molecule is N#Cc1ccc(-c2ccc(-c3nc(-c4ccccc4)nc(-c4ccc(-c5ccc6c(c5)C(c5ccccc5)(c5ccccc5)c5ccccc5O6)cc4)n3)cc2)cc1. The molecule has 0 spiro atoms. The van der Waals surface area contributed by atoms with Crippen LogP contribution in [0.5, 0.6) is 11.5 Å². The van der Waals surface area contributed by atoms with Crippen LogP contribution in [0.1, 0.15) is 27.8 Å². The van der Waals surface area contributed by atoms with Crippen LogP contribution in [-0.4, -0.2) is 15.0 Å². The normalized spacial score (nSPS) is 12.4. The van der Waals surface area contributed by atoms with E-state index in [1.165, 1.54) is 11.1 Å². The van der Waals surface area contributed by atoms with Gasteiger partial charge in [0.15, 0.2) is 17.5 Å². The monoisotopic (exact) mass is 742 g/mol. The Bertz CT molecular complexity index is 2900. The van der Waals surface area contributed by atoms with Gasteiger partial charge >= 0.3 is 0 Å². The zero-order chi connectivity index (χ0) is 38.9. The van der Waals surface area contributed by atoms with E-state index in [1.54, 1.807) is 0 Å². The number of rotatable bonds is 7. The number of aromatic nitrogens is 3. The maximum Gasteiger partial charge on any atom is 0.164 e. The summed E-state index contributed by atoms with van der Waals surface area (Å²) < 4.78 is 6.64. The van der Waals surface area contributed by atoms with E-state index in [2.05, 4.69) is 140 Å². The Hall–Kier alpha value is -7.94. The van der Waals surface area contributed by atoms with E-state index in [0.29, 0.717) is 23.0 Å². The first-order valence-corrected chi connectivity index (χ1v) is 19.2. The second-order valence-corrected chi connectivity index (χ2v) is 14.3. The summed E-state index contributed by atoms with van der Waals surface area (Å²) in [7, 11) is 0. The highest BCUT2D eigenvalue weighted by Gasteiger charge is 2.45. The van der Waals surface area contributed by atoms with Crippen molar-refractivity contribution in [3.05, 3.63) is 234 Å². The largest absolute Gasteiger partial charge is 0.457 e. The average Bonchev–Trinajstić information content (AvgIpc) is 3.31. The third-order valence-corrected chi connectivity index (χ3v) is 10.9. The molecule has 0 saturated heterocycles. The van der Waals surface area contributed by atoms with Crippen molar-refractivity contribution in [1.29, 1.82) is 5.26 Å². The van der Waals surface area contributed by atoms with Gasteiger partial charge in [-0.3, -0.25) is 0 Å². The standard InChI is InChI=1S/C53H34N4O/c54-35-36-20-22-37(23-21-36)38-24-28-41(29-25-38)51-55-50(40-12-4-1-5-13-40)56-52(57-51)42-30-26-39(27-31-42)43-32-33-49-47(34-43)53(44-14-6-2-7-15-44,45-16-8-3-9-17-45)46-18-10-11-19-48(46)58-49/h1-34H. The Balaban J connectivity index is 1.05. The lowest BCUT2D eigenvalue weighted by Crippen LogP contribution is -2.34. The molecule has 0 fully saturated rings. The Labute approximate surface area is 337 Å². The predicted molar refractivity (Wildman–Crippen MR) is 230 cm³/mol. The van der Waals surface area contributed by atoms with Crippen molar-refractivity contribution in [1.82, 2.24) is 15.0 Å². The molecule has 5 nitrogen and oxygen atoms in total. The van der Waals surface area contributed by atoms with Gasteiger partial charge in [0.2, 0.25) is 0 Å². The fourth-order valence-corrected chi connectivity index (χ4v) is 8.10. The fourth-order valence-electron chi connectivity index (χ4n) is 8.10. The number of nitriles is 1. The van der Waals surface area contributed by atoms with Gasteiger partial charge in [-0.25, -0.2) is 15.0 Å². The minimum atomic E-state index is -0.599. The van der Waals surface area contributed by atoms with Crippen LogP contribution in [0.25, 0.3) is 56.4 Å². The molecule has 2 heterocycles. The number of hydrogen-bond acceptors (Lipinski definition) is 5. The van der Waals surface area contributed by atoms with Gasteiger partial charge in [0.25, 0.3) is 0 Å². The zero-order valence-electron chi connectivity index (χ0n) is 31.3. The van der Waals surface area contributed by atoms with Crippen molar-refractivity contribution in [3.63, 3.8) is 0 Å². The number of hydrogen-bond donors (Lipinski definition) is 0. The molecule has 1 aliphatic rings. The summed E-state index contributed by atoms with van der Waals surface area (Å²) in [6.07, 6.45) is 0. The van der Waals surface area contributed by atoms with Crippen LogP contribution in [0.2, 0.25) is 0 Å². The quantitative estimate of drug-likeness (QED) is 0.163. The molecule has 0 aliphatic carbocycles. The second kappa shape index (κ2) is 14.6. The number of para-hydroxylation sites is 1. The number of benzene rings is 8. The summed E-state index contributed by atoms with van der Waals surface area (Å²) in [6, 6.07) is 72.8. The molecular formula is C53H34N4O. The molecule has 272 valence electrons. The van der Waals surface area contributed by atoms with Gasteiger partial charge in [-0.05, 0) is 63.7 Å². The van der Waals surface area contributed by atoms with Crippen LogP contribution in [0.4, 0.5) is 0 Å². The van der Waals surface area contributed by atoms with E-state index >= 15 is 0 Å². The molecule has 0 saturated carbocycles. The van der Waals surface area contributed by atoms with Crippen LogP contribution in [0.15, 0.2) is 206 Å².